The molecule has 4 nitrogen and oxygen atoms in total. The van der Waals surface area contributed by atoms with Crippen molar-refractivity contribution in [1.29, 1.82) is 0 Å². The number of carboxylic acids is 1. The number of benzene rings is 1. The molecule has 17 heavy (non-hydrogen) atoms. The molecule has 0 bridgehead atoms. The molecule has 0 aliphatic rings. The Hall–Kier alpha value is -1.55. The summed E-state index contributed by atoms with van der Waals surface area (Å²) in [6.45, 7) is 2.27. The molecule has 1 unspecified atom stereocenters. The number of carbonyl (C=O) groups excluding carboxylic acids is 1. The molecule has 0 aliphatic carbocycles. The van der Waals surface area contributed by atoms with E-state index < -0.39 is 11.9 Å². The molecule has 0 heterocycles. The Morgan fingerprint density at radius 3 is 2.71 bits per heavy atom. The Morgan fingerprint density at radius 1 is 1.47 bits per heavy atom. The molecular formula is C12H14ClNO3. The summed E-state index contributed by atoms with van der Waals surface area (Å²) >= 11 is 5.80. The van der Waals surface area contributed by atoms with Gasteiger partial charge in [-0.25, -0.2) is 0 Å². The lowest BCUT2D eigenvalue weighted by atomic mass is 9.95. The third-order valence-corrected chi connectivity index (χ3v) is 2.55. The van der Waals surface area contributed by atoms with Crippen molar-refractivity contribution in [2.24, 2.45) is 0 Å². The Kier molecular flexibility index (Phi) is 4.97. The van der Waals surface area contributed by atoms with Gasteiger partial charge < -0.3 is 10.4 Å². The number of nitrogens with one attached hydrogen (secondary N) is 1. The normalized spacial score (nSPS) is 11.9. The largest absolute Gasteiger partial charge is 0.481 e. The average Bonchev–Trinajstić information content (AvgIpc) is 2.26. The summed E-state index contributed by atoms with van der Waals surface area (Å²) in [4.78, 5) is 22.5. The minimum absolute atomic E-state index is 0.0798. The third-order valence-electron chi connectivity index (χ3n) is 2.31. The highest BCUT2D eigenvalue weighted by Gasteiger charge is 2.23. The van der Waals surface area contributed by atoms with E-state index in [4.69, 9.17) is 16.7 Å². The second-order valence-corrected chi connectivity index (χ2v) is 4.04. The van der Waals surface area contributed by atoms with Crippen molar-refractivity contribution in [2.75, 3.05) is 6.54 Å². The van der Waals surface area contributed by atoms with Crippen LogP contribution in [0, 0.1) is 0 Å². The van der Waals surface area contributed by atoms with Gasteiger partial charge in [0.05, 0.1) is 5.92 Å². The predicted molar refractivity (Wildman–Crippen MR) is 65.1 cm³/mol. The molecule has 0 saturated carbocycles. The fraction of sp³-hybridized carbons (Fsp3) is 0.333. The van der Waals surface area contributed by atoms with Crippen LogP contribution < -0.4 is 5.32 Å². The van der Waals surface area contributed by atoms with E-state index in [0.717, 1.165) is 0 Å². The molecule has 0 spiro atoms. The minimum atomic E-state index is -1.03. The smallest absolute Gasteiger partial charge is 0.311 e. The third kappa shape index (κ3) is 4.07. The van der Waals surface area contributed by atoms with Crippen molar-refractivity contribution in [3.8, 4) is 0 Å². The van der Waals surface area contributed by atoms with Gasteiger partial charge in [0.1, 0.15) is 0 Å². The molecule has 0 saturated heterocycles. The lowest BCUT2D eigenvalue weighted by Crippen LogP contribution is -2.27. The predicted octanol–water partition coefficient (Wildman–Crippen LogP) is 2.03. The number of rotatable bonds is 5. The molecule has 0 fully saturated rings. The van der Waals surface area contributed by atoms with Crippen LogP contribution in [-0.4, -0.2) is 23.5 Å². The van der Waals surface area contributed by atoms with Crippen molar-refractivity contribution in [1.82, 2.24) is 5.32 Å². The van der Waals surface area contributed by atoms with E-state index in [-0.39, 0.29) is 12.3 Å². The van der Waals surface area contributed by atoms with Crippen molar-refractivity contribution < 1.29 is 14.7 Å². The summed E-state index contributed by atoms with van der Waals surface area (Å²) in [5.74, 6) is -2.17. The van der Waals surface area contributed by atoms with E-state index in [1.165, 1.54) is 0 Å². The first-order valence-electron chi connectivity index (χ1n) is 5.29. The molecule has 1 atom stereocenters. The van der Waals surface area contributed by atoms with E-state index in [2.05, 4.69) is 5.32 Å². The van der Waals surface area contributed by atoms with Gasteiger partial charge in [0.2, 0.25) is 5.91 Å². The number of amides is 1. The van der Waals surface area contributed by atoms with Crippen LogP contribution in [0.4, 0.5) is 0 Å². The van der Waals surface area contributed by atoms with Crippen molar-refractivity contribution in [3.05, 3.63) is 34.9 Å². The van der Waals surface area contributed by atoms with E-state index >= 15 is 0 Å². The maximum atomic E-state index is 11.4. The first-order chi connectivity index (χ1) is 8.04. The maximum absolute atomic E-state index is 11.4. The van der Waals surface area contributed by atoms with Crippen molar-refractivity contribution in [3.63, 3.8) is 0 Å². The Morgan fingerprint density at radius 2 is 2.18 bits per heavy atom. The summed E-state index contributed by atoms with van der Waals surface area (Å²) in [6, 6.07) is 6.56. The number of carbonyl (C=O) groups is 2. The fourth-order valence-electron chi connectivity index (χ4n) is 1.53. The molecule has 1 aromatic rings. The van der Waals surface area contributed by atoms with Crippen LogP contribution >= 0.6 is 11.6 Å². The summed E-state index contributed by atoms with van der Waals surface area (Å²) in [6.07, 6.45) is -0.0798. The first-order valence-corrected chi connectivity index (χ1v) is 5.67. The highest BCUT2D eigenvalue weighted by molar-refractivity contribution is 6.30. The number of hydrogen-bond donors (Lipinski definition) is 2. The van der Waals surface area contributed by atoms with Gasteiger partial charge in [0.25, 0.3) is 0 Å². The molecule has 0 aromatic heterocycles. The minimum Gasteiger partial charge on any atom is -0.481 e. The summed E-state index contributed by atoms with van der Waals surface area (Å²) in [5.41, 5.74) is 0.538. The lowest BCUT2D eigenvalue weighted by molar-refractivity contribution is -0.140. The molecule has 1 aromatic carbocycles. The zero-order valence-corrected chi connectivity index (χ0v) is 10.2. The highest BCUT2D eigenvalue weighted by Crippen LogP contribution is 2.23. The van der Waals surface area contributed by atoms with Crippen LogP contribution in [0.3, 0.4) is 0 Å². The average molecular weight is 256 g/mol. The van der Waals surface area contributed by atoms with Gasteiger partial charge in [-0.15, -0.1) is 0 Å². The monoisotopic (exact) mass is 255 g/mol. The quantitative estimate of drug-likeness (QED) is 0.846. The molecule has 2 N–H and O–H groups in total. The highest BCUT2D eigenvalue weighted by atomic mass is 35.5. The van der Waals surface area contributed by atoms with Crippen LogP contribution in [0.1, 0.15) is 24.8 Å². The van der Waals surface area contributed by atoms with E-state index in [9.17, 15) is 9.59 Å². The molecule has 5 heteroatoms. The van der Waals surface area contributed by atoms with Gasteiger partial charge >= 0.3 is 5.97 Å². The fourth-order valence-corrected chi connectivity index (χ4v) is 1.72. The molecule has 92 valence electrons. The van der Waals surface area contributed by atoms with E-state index in [1.54, 1.807) is 31.2 Å². The molecule has 0 radical (unpaired) electrons. The molecular weight excluding hydrogens is 242 g/mol. The summed E-state index contributed by atoms with van der Waals surface area (Å²) in [7, 11) is 0. The molecule has 1 rings (SSSR count). The van der Waals surface area contributed by atoms with Gasteiger partial charge in [-0.3, -0.25) is 9.59 Å². The summed E-state index contributed by atoms with van der Waals surface area (Å²) in [5, 5.41) is 12.2. The van der Waals surface area contributed by atoms with Gasteiger partial charge in [0.15, 0.2) is 0 Å². The number of halogens is 1. The number of hydrogen-bond acceptors (Lipinski definition) is 2. The van der Waals surface area contributed by atoms with Crippen LogP contribution in [0.15, 0.2) is 24.3 Å². The SMILES string of the molecule is CCNC(=O)CC(C(=O)O)c1cccc(Cl)c1. The second-order valence-electron chi connectivity index (χ2n) is 3.60. The second kappa shape index (κ2) is 6.25. The Bertz CT molecular complexity index is 420. The van der Waals surface area contributed by atoms with Crippen molar-refractivity contribution >= 4 is 23.5 Å². The zero-order chi connectivity index (χ0) is 12.8. The van der Waals surface area contributed by atoms with Crippen LogP contribution in [-0.2, 0) is 9.59 Å². The number of aliphatic carboxylic acids is 1. The zero-order valence-electron chi connectivity index (χ0n) is 9.44. The Balaban J connectivity index is 2.86. The maximum Gasteiger partial charge on any atom is 0.311 e. The standard InChI is InChI=1S/C12H14ClNO3/c1-2-14-11(15)7-10(12(16)17)8-4-3-5-9(13)6-8/h3-6,10H,2,7H2,1H3,(H,14,15)(H,16,17). The van der Waals surface area contributed by atoms with Gasteiger partial charge in [-0.05, 0) is 24.6 Å². The topological polar surface area (TPSA) is 66.4 Å². The number of carboxylic acid groups (broad SMARTS) is 1. The lowest BCUT2D eigenvalue weighted by Gasteiger charge is -2.12. The molecule has 1 amide bonds. The van der Waals surface area contributed by atoms with Crippen molar-refractivity contribution in [2.45, 2.75) is 19.3 Å². The van der Waals surface area contributed by atoms with Crippen LogP contribution in [0.5, 0.6) is 0 Å². The first kappa shape index (κ1) is 13.5. The Labute approximate surface area is 105 Å². The van der Waals surface area contributed by atoms with E-state index in [1.807, 2.05) is 0 Å². The summed E-state index contributed by atoms with van der Waals surface area (Å²) < 4.78 is 0. The molecule has 0 aliphatic heterocycles. The van der Waals surface area contributed by atoms with E-state index in [0.29, 0.717) is 17.1 Å². The van der Waals surface area contributed by atoms with Gasteiger partial charge in [0, 0.05) is 18.0 Å². The van der Waals surface area contributed by atoms with Gasteiger partial charge in [-0.2, -0.15) is 0 Å². The van der Waals surface area contributed by atoms with Crippen LogP contribution in [0.25, 0.3) is 0 Å². The van der Waals surface area contributed by atoms with Gasteiger partial charge in [-0.1, -0.05) is 23.7 Å². The van der Waals surface area contributed by atoms with Crippen LogP contribution in [0.2, 0.25) is 5.02 Å².